The molecule has 0 unspecified atom stereocenters. The first-order valence-electron chi connectivity index (χ1n) is 9.33. The van der Waals surface area contributed by atoms with Gasteiger partial charge in [0.15, 0.2) is 0 Å². The Morgan fingerprint density at radius 3 is 2.16 bits per heavy atom. The predicted octanol–water partition coefficient (Wildman–Crippen LogP) is 4.61. The summed E-state index contributed by atoms with van der Waals surface area (Å²) in [5, 5.41) is 1.52. The van der Waals surface area contributed by atoms with Crippen LogP contribution < -0.4 is 5.19 Å². The molecule has 25 heavy (non-hydrogen) atoms. The SMILES string of the molecule is C[C@@H]1[C@@H]([Si](C)(C)c2ccccc2)[C@H](C)O[C@@H]1COCc1ccccc1. The third-order valence-electron chi connectivity index (χ3n) is 5.79. The van der Waals surface area contributed by atoms with Crippen LogP contribution in [0.3, 0.4) is 0 Å². The fourth-order valence-electron chi connectivity index (χ4n) is 4.51. The molecule has 0 N–H and O–H groups in total. The summed E-state index contributed by atoms with van der Waals surface area (Å²) in [5.41, 5.74) is 1.83. The Morgan fingerprint density at radius 1 is 0.920 bits per heavy atom. The van der Waals surface area contributed by atoms with Crippen molar-refractivity contribution in [3.8, 4) is 0 Å². The van der Waals surface area contributed by atoms with Gasteiger partial charge in [0, 0.05) is 0 Å². The van der Waals surface area contributed by atoms with E-state index in [2.05, 4.69) is 81.5 Å². The third kappa shape index (κ3) is 4.05. The zero-order chi connectivity index (χ0) is 17.9. The first-order chi connectivity index (χ1) is 12.0. The molecule has 2 aromatic rings. The van der Waals surface area contributed by atoms with Crippen LogP contribution in [0.2, 0.25) is 18.6 Å². The number of benzene rings is 2. The Kier molecular flexibility index (Phi) is 5.77. The smallest absolute Gasteiger partial charge is 0.0865 e. The second-order valence-electron chi connectivity index (χ2n) is 7.85. The van der Waals surface area contributed by atoms with Crippen LogP contribution in [0, 0.1) is 5.92 Å². The topological polar surface area (TPSA) is 18.5 Å². The van der Waals surface area contributed by atoms with Gasteiger partial charge in [0.05, 0.1) is 33.5 Å². The minimum Gasteiger partial charge on any atom is -0.374 e. The van der Waals surface area contributed by atoms with Gasteiger partial charge in [0.1, 0.15) is 0 Å². The zero-order valence-electron chi connectivity index (χ0n) is 15.8. The van der Waals surface area contributed by atoms with Gasteiger partial charge in [-0.1, -0.05) is 85.9 Å². The Hall–Kier alpha value is -1.42. The van der Waals surface area contributed by atoms with E-state index in [0.717, 1.165) is 0 Å². The van der Waals surface area contributed by atoms with Crippen LogP contribution in [0.15, 0.2) is 60.7 Å². The summed E-state index contributed by atoms with van der Waals surface area (Å²) in [4.78, 5) is 0. The minimum absolute atomic E-state index is 0.194. The van der Waals surface area contributed by atoms with Gasteiger partial charge in [0.25, 0.3) is 0 Å². The lowest BCUT2D eigenvalue weighted by Crippen LogP contribution is -2.50. The van der Waals surface area contributed by atoms with Gasteiger partial charge in [-0.3, -0.25) is 0 Å². The molecule has 0 saturated carbocycles. The monoisotopic (exact) mass is 354 g/mol. The molecule has 2 aromatic carbocycles. The van der Waals surface area contributed by atoms with Crippen molar-refractivity contribution in [2.24, 2.45) is 5.92 Å². The summed E-state index contributed by atoms with van der Waals surface area (Å²) in [6.07, 6.45) is 0.487. The zero-order valence-corrected chi connectivity index (χ0v) is 16.8. The van der Waals surface area contributed by atoms with Crippen LogP contribution in [0.25, 0.3) is 0 Å². The van der Waals surface area contributed by atoms with Gasteiger partial charge in [-0.25, -0.2) is 0 Å². The van der Waals surface area contributed by atoms with Gasteiger partial charge in [-0.15, -0.1) is 0 Å². The molecule has 0 amide bonds. The maximum Gasteiger partial charge on any atom is 0.0865 e. The average Bonchev–Trinajstić information content (AvgIpc) is 2.91. The molecule has 0 radical (unpaired) electrons. The molecule has 1 saturated heterocycles. The van der Waals surface area contributed by atoms with Crippen molar-refractivity contribution in [3.63, 3.8) is 0 Å². The lowest BCUT2D eigenvalue weighted by Gasteiger charge is -2.35. The Morgan fingerprint density at radius 2 is 1.52 bits per heavy atom. The molecule has 1 heterocycles. The van der Waals surface area contributed by atoms with E-state index in [4.69, 9.17) is 9.47 Å². The van der Waals surface area contributed by atoms with E-state index in [1.54, 1.807) is 0 Å². The van der Waals surface area contributed by atoms with E-state index in [-0.39, 0.29) is 6.10 Å². The molecule has 3 rings (SSSR count). The molecule has 2 nitrogen and oxygen atoms in total. The van der Waals surface area contributed by atoms with Gasteiger partial charge in [0.2, 0.25) is 0 Å². The minimum atomic E-state index is -1.60. The Labute approximate surface area is 153 Å². The fraction of sp³-hybridized carbons (Fsp3) is 0.455. The van der Waals surface area contributed by atoms with Crippen LogP contribution in [-0.4, -0.2) is 26.9 Å². The highest BCUT2D eigenvalue weighted by atomic mass is 28.3. The van der Waals surface area contributed by atoms with Crippen LogP contribution in [0.5, 0.6) is 0 Å². The summed E-state index contributed by atoms with van der Waals surface area (Å²) in [5.74, 6) is 0.521. The van der Waals surface area contributed by atoms with E-state index in [1.807, 2.05) is 6.07 Å². The molecule has 0 bridgehead atoms. The van der Waals surface area contributed by atoms with Crippen molar-refractivity contribution >= 4 is 13.3 Å². The fourth-order valence-corrected chi connectivity index (χ4v) is 8.72. The van der Waals surface area contributed by atoms with Crippen molar-refractivity contribution < 1.29 is 9.47 Å². The average molecular weight is 355 g/mol. The normalized spacial score (nSPS) is 26.7. The number of rotatable bonds is 6. The molecular formula is C22H30O2Si. The predicted molar refractivity (Wildman–Crippen MR) is 107 cm³/mol. The largest absolute Gasteiger partial charge is 0.374 e. The van der Waals surface area contributed by atoms with Crippen molar-refractivity contribution in [2.45, 2.75) is 51.3 Å². The lowest BCUT2D eigenvalue weighted by atomic mass is 10.0. The van der Waals surface area contributed by atoms with Crippen molar-refractivity contribution in [1.82, 2.24) is 0 Å². The first-order valence-corrected chi connectivity index (χ1v) is 12.4. The molecule has 0 spiro atoms. The number of ether oxygens (including phenoxy) is 2. The van der Waals surface area contributed by atoms with Crippen molar-refractivity contribution in [1.29, 1.82) is 0 Å². The number of hydrogen-bond acceptors (Lipinski definition) is 2. The van der Waals surface area contributed by atoms with E-state index in [9.17, 15) is 0 Å². The van der Waals surface area contributed by atoms with Crippen LogP contribution in [0.1, 0.15) is 19.4 Å². The van der Waals surface area contributed by atoms with Gasteiger partial charge in [-0.2, -0.15) is 0 Å². The van der Waals surface area contributed by atoms with Crippen LogP contribution in [0.4, 0.5) is 0 Å². The Balaban J connectivity index is 1.63. The molecule has 1 aliphatic rings. The highest BCUT2D eigenvalue weighted by Crippen LogP contribution is 2.43. The first kappa shape index (κ1) is 18.4. The molecule has 0 aromatic heterocycles. The molecule has 0 aliphatic carbocycles. The quantitative estimate of drug-likeness (QED) is 0.705. The summed E-state index contributed by atoms with van der Waals surface area (Å²) in [7, 11) is -1.60. The van der Waals surface area contributed by atoms with E-state index in [1.165, 1.54) is 10.8 Å². The second kappa shape index (κ2) is 7.86. The van der Waals surface area contributed by atoms with Crippen LogP contribution >= 0.6 is 0 Å². The molecular weight excluding hydrogens is 324 g/mol. The van der Waals surface area contributed by atoms with Gasteiger partial charge < -0.3 is 9.47 Å². The summed E-state index contributed by atoms with van der Waals surface area (Å²) in [6.45, 7) is 10.9. The molecule has 1 aliphatic heterocycles. The summed E-state index contributed by atoms with van der Waals surface area (Å²) < 4.78 is 12.3. The highest BCUT2D eigenvalue weighted by molar-refractivity contribution is 6.91. The number of hydrogen-bond donors (Lipinski definition) is 0. The lowest BCUT2D eigenvalue weighted by molar-refractivity contribution is -0.0242. The van der Waals surface area contributed by atoms with Gasteiger partial charge in [-0.05, 0) is 23.9 Å². The molecule has 134 valence electrons. The Bertz CT molecular complexity index is 656. The van der Waals surface area contributed by atoms with Crippen LogP contribution in [-0.2, 0) is 16.1 Å². The third-order valence-corrected chi connectivity index (χ3v) is 10.3. The van der Waals surface area contributed by atoms with Crippen molar-refractivity contribution in [3.05, 3.63) is 66.2 Å². The highest BCUT2D eigenvalue weighted by Gasteiger charge is 2.48. The van der Waals surface area contributed by atoms with E-state index < -0.39 is 8.07 Å². The van der Waals surface area contributed by atoms with Gasteiger partial charge >= 0.3 is 0 Å². The van der Waals surface area contributed by atoms with E-state index >= 15 is 0 Å². The molecule has 4 atom stereocenters. The molecule has 1 fully saturated rings. The standard InChI is InChI=1S/C22H30O2Si/c1-17-21(16-23-15-19-11-7-5-8-12-19)24-18(2)22(17)25(3,4)20-13-9-6-10-14-20/h5-14,17-18,21-22H,15-16H2,1-4H3/t17-,18-,21+,22+/m0/s1. The maximum absolute atomic E-state index is 6.34. The second-order valence-corrected chi connectivity index (χ2v) is 12.5. The summed E-state index contributed by atoms with van der Waals surface area (Å²) in [6, 6.07) is 21.4. The maximum atomic E-state index is 6.34. The molecule has 3 heteroatoms. The van der Waals surface area contributed by atoms with E-state index in [0.29, 0.717) is 30.8 Å². The summed E-state index contributed by atoms with van der Waals surface area (Å²) >= 11 is 0. The van der Waals surface area contributed by atoms with Crippen molar-refractivity contribution in [2.75, 3.05) is 6.61 Å².